The molecule has 1 aliphatic rings. The van der Waals surface area contributed by atoms with Gasteiger partial charge in [0.05, 0.1) is 24.3 Å². The summed E-state index contributed by atoms with van der Waals surface area (Å²) < 4.78 is 5.44. The third kappa shape index (κ3) is 3.06. The number of benzene rings is 1. The van der Waals surface area contributed by atoms with E-state index in [1.165, 1.54) is 5.56 Å². The normalized spacial score (nSPS) is 17.4. The van der Waals surface area contributed by atoms with Gasteiger partial charge in [-0.1, -0.05) is 35.0 Å². The first-order valence-electron chi connectivity index (χ1n) is 8.11. The van der Waals surface area contributed by atoms with Crippen LogP contribution < -0.4 is 0 Å². The summed E-state index contributed by atoms with van der Waals surface area (Å²) in [5.41, 5.74) is 4.68. The summed E-state index contributed by atoms with van der Waals surface area (Å²) >= 11 is 0. The Hall–Kier alpha value is -2.93. The molecule has 7 heteroatoms. The minimum atomic E-state index is -0.855. The molecule has 2 aromatic heterocycles. The molecule has 25 heavy (non-hydrogen) atoms. The Bertz CT molecular complexity index is 897. The van der Waals surface area contributed by atoms with E-state index in [-0.39, 0.29) is 0 Å². The van der Waals surface area contributed by atoms with Gasteiger partial charge >= 0.3 is 5.97 Å². The van der Waals surface area contributed by atoms with Crippen molar-refractivity contribution >= 4 is 5.97 Å². The predicted molar refractivity (Wildman–Crippen MR) is 89.6 cm³/mol. The molecular weight excluding hydrogens is 320 g/mol. The lowest BCUT2D eigenvalue weighted by atomic mass is 10.0. The van der Waals surface area contributed by atoms with Crippen molar-refractivity contribution < 1.29 is 14.4 Å². The second-order valence-electron chi connectivity index (χ2n) is 6.34. The number of hydrogen-bond acceptors (Lipinski definition) is 5. The molecular formula is C18H18N4O3. The summed E-state index contributed by atoms with van der Waals surface area (Å²) in [7, 11) is 0. The molecule has 0 unspecified atom stereocenters. The fourth-order valence-corrected chi connectivity index (χ4v) is 3.15. The molecule has 0 amide bonds. The number of carbonyl (C=O) groups is 1. The molecule has 0 spiro atoms. The highest BCUT2D eigenvalue weighted by molar-refractivity contribution is 5.74. The van der Waals surface area contributed by atoms with E-state index in [1.54, 1.807) is 6.33 Å². The van der Waals surface area contributed by atoms with E-state index in [2.05, 4.69) is 15.1 Å². The maximum atomic E-state index is 11.6. The molecule has 0 saturated carbocycles. The lowest BCUT2D eigenvalue weighted by Gasteiger charge is -2.31. The van der Waals surface area contributed by atoms with Crippen molar-refractivity contribution in [2.75, 3.05) is 0 Å². The van der Waals surface area contributed by atoms with Gasteiger partial charge in [-0.25, -0.2) is 4.98 Å². The number of aryl methyl sites for hydroxylation is 1. The molecule has 3 heterocycles. The Morgan fingerprint density at radius 3 is 2.96 bits per heavy atom. The Balaban J connectivity index is 1.55. The molecule has 3 aromatic rings. The fraction of sp³-hybridized carbons (Fsp3) is 0.278. The molecule has 7 nitrogen and oxygen atoms in total. The summed E-state index contributed by atoms with van der Waals surface area (Å²) in [6, 6.07) is 9.28. The van der Waals surface area contributed by atoms with Gasteiger partial charge in [0.2, 0.25) is 0 Å². The van der Waals surface area contributed by atoms with Crippen LogP contribution in [-0.4, -0.2) is 37.1 Å². The Kier molecular flexibility index (Phi) is 3.85. The molecule has 0 bridgehead atoms. The first-order valence-corrected chi connectivity index (χ1v) is 8.11. The van der Waals surface area contributed by atoms with Gasteiger partial charge in [-0.2, -0.15) is 0 Å². The van der Waals surface area contributed by atoms with Crippen LogP contribution in [0.15, 0.2) is 41.2 Å². The first-order chi connectivity index (χ1) is 12.1. The van der Waals surface area contributed by atoms with Crippen molar-refractivity contribution in [3.05, 3.63) is 59.4 Å². The van der Waals surface area contributed by atoms with Crippen LogP contribution in [0.4, 0.5) is 0 Å². The number of aromatic nitrogens is 3. The van der Waals surface area contributed by atoms with Crippen molar-refractivity contribution in [2.24, 2.45) is 0 Å². The van der Waals surface area contributed by atoms with Crippen LogP contribution in [0.3, 0.4) is 0 Å². The molecule has 1 atom stereocenters. The molecule has 0 aliphatic carbocycles. The predicted octanol–water partition coefficient (Wildman–Crippen LogP) is 2.38. The van der Waals surface area contributed by atoms with Gasteiger partial charge < -0.3 is 14.6 Å². The number of carboxylic acids is 1. The zero-order chi connectivity index (χ0) is 17.4. The smallest absolute Gasteiger partial charge is 0.321 e. The number of nitrogens with zero attached hydrogens (tertiary/aromatic N) is 3. The Morgan fingerprint density at radius 2 is 2.20 bits per heavy atom. The monoisotopic (exact) mass is 338 g/mol. The number of aliphatic carboxylic acids is 1. The third-order valence-corrected chi connectivity index (χ3v) is 4.55. The quantitative estimate of drug-likeness (QED) is 0.758. The molecule has 1 aliphatic heterocycles. The van der Waals surface area contributed by atoms with Gasteiger partial charge in [-0.3, -0.25) is 9.69 Å². The standard InChI is InChI=1S/C18H18N4O3/c1-11-2-4-12(5-3-11)14-6-13(25-21-14)8-22-9-16-15(19-10-20-16)7-17(22)18(23)24/h2-6,10,17H,7-9H2,1H3,(H,19,20)(H,23,24)/t17-/m0/s1. The summed E-state index contributed by atoms with van der Waals surface area (Å²) in [5, 5.41) is 13.6. The Morgan fingerprint density at radius 1 is 1.40 bits per heavy atom. The maximum Gasteiger partial charge on any atom is 0.321 e. The minimum Gasteiger partial charge on any atom is -0.480 e. The second kappa shape index (κ2) is 6.18. The number of fused-ring (bicyclic) bond motifs is 1. The molecule has 0 radical (unpaired) electrons. The highest BCUT2D eigenvalue weighted by atomic mass is 16.5. The SMILES string of the molecule is Cc1ccc(-c2cc(CN3Cc4[nH]cnc4C[C@H]3C(=O)O)on2)cc1. The van der Waals surface area contributed by atoms with E-state index in [1.807, 2.05) is 42.2 Å². The van der Waals surface area contributed by atoms with Crippen LogP contribution in [0.25, 0.3) is 11.3 Å². The van der Waals surface area contributed by atoms with Gasteiger partial charge in [0, 0.05) is 24.6 Å². The maximum absolute atomic E-state index is 11.6. The number of hydrogen-bond donors (Lipinski definition) is 2. The minimum absolute atomic E-state index is 0.382. The lowest BCUT2D eigenvalue weighted by molar-refractivity contribution is -0.144. The summed E-state index contributed by atoms with van der Waals surface area (Å²) in [5.74, 6) is -0.211. The van der Waals surface area contributed by atoms with Crippen LogP contribution in [0.5, 0.6) is 0 Å². The van der Waals surface area contributed by atoms with Crippen molar-refractivity contribution in [1.82, 2.24) is 20.0 Å². The van der Waals surface area contributed by atoms with Crippen molar-refractivity contribution in [3.8, 4) is 11.3 Å². The summed E-state index contributed by atoms with van der Waals surface area (Å²) in [6.07, 6.45) is 1.99. The molecule has 2 N–H and O–H groups in total. The van der Waals surface area contributed by atoms with Gasteiger partial charge in [0.25, 0.3) is 0 Å². The number of aromatic amines is 1. The highest BCUT2D eigenvalue weighted by Gasteiger charge is 2.33. The topological polar surface area (TPSA) is 95.2 Å². The molecule has 128 valence electrons. The molecule has 0 fully saturated rings. The van der Waals surface area contributed by atoms with E-state index in [4.69, 9.17) is 4.52 Å². The summed E-state index contributed by atoms with van der Waals surface area (Å²) in [4.78, 5) is 20.8. The van der Waals surface area contributed by atoms with Crippen LogP contribution in [0.1, 0.15) is 22.7 Å². The lowest BCUT2D eigenvalue weighted by Crippen LogP contribution is -2.45. The molecule has 4 rings (SSSR count). The largest absolute Gasteiger partial charge is 0.480 e. The Labute approximate surface area is 144 Å². The van der Waals surface area contributed by atoms with E-state index >= 15 is 0 Å². The van der Waals surface area contributed by atoms with Gasteiger partial charge in [-0.05, 0) is 6.92 Å². The molecule has 1 aromatic carbocycles. The number of nitrogens with one attached hydrogen (secondary N) is 1. The van der Waals surface area contributed by atoms with Crippen LogP contribution >= 0.6 is 0 Å². The highest BCUT2D eigenvalue weighted by Crippen LogP contribution is 2.25. The van der Waals surface area contributed by atoms with Crippen molar-refractivity contribution in [2.45, 2.75) is 32.5 Å². The first kappa shape index (κ1) is 15.6. The van der Waals surface area contributed by atoms with E-state index in [0.29, 0.717) is 25.3 Å². The van der Waals surface area contributed by atoms with E-state index in [0.717, 1.165) is 22.6 Å². The zero-order valence-electron chi connectivity index (χ0n) is 13.8. The number of carboxylic acid groups (broad SMARTS) is 1. The number of H-pyrrole nitrogens is 1. The summed E-state index contributed by atoms with van der Waals surface area (Å²) in [6.45, 7) is 2.91. The van der Waals surface area contributed by atoms with E-state index < -0.39 is 12.0 Å². The van der Waals surface area contributed by atoms with Gasteiger partial charge in [0.1, 0.15) is 11.7 Å². The van der Waals surface area contributed by atoms with Gasteiger partial charge in [0.15, 0.2) is 5.76 Å². The van der Waals surface area contributed by atoms with Crippen LogP contribution in [-0.2, 0) is 24.3 Å². The third-order valence-electron chi connectivity index (χ3n) is 4.55. The van der Waals surface area contributed by atoms with Crippen LogP contribution in [0.2, 0.25) is 0 Å². The van der Waals surface area contributed by atoms with Crippen molar-refractivity contribution in [1.29, 1.82) is 0 Å². The zero-order valence-corrected chi connectivity index (χ0v) is 13.8. The second-order valence-corrected chi connectivity index (χ2v) is 6.34. The number of imidazole rings is 1. The number of rotatable bonds is 4. The van der Waals surface area contributed by atoms with Gasteiger partial charge in [-0.15, -0.1) is 0 Å². The average Bonchev–Trinajstić information content (AvgIpc) is 3.23. The fourth-order valence-electron chi connectivity index (χ4n) is 3.15. The van der Waals surface area contributed by atoms with E-state index in [9.17, 15) is 9.90 Å². The molecule has 0 saturated heterocycles. The van der Waals surface area contributed by atoms with Crippen LogP contribution in [0, 0.1) is 6.92 Å². The average molecular weight is 338 g/mol. The van der Waals surface area contributed by atoms with Crippen molar-refractivity contribution in [3.63, 3.8) is 0 Å².